The summed E-state index contributed by atoms with van der Waals surface area (Å²) in [6, 6.07) is 7.28. The van der Waals surface area contributed by atoms with Crippen molar-refractivity contribution in [3.63, 3.8) is 0 Å². The largest absolute Gasteiger partial charge is 0.338 e. The van der Waals surface area contributed by atoms with E-state index in [0.717, 1.165) is 32.4 Å². The van der Waals surface area contributed by atoms with Gasteiger partial charge in [-0.05, 0) is 36.8 Å². The highest BCUT2D eigenvalue weighted by Gasteiger charge is 2.27. The van der Waals surface area contributed by atoms with Gasteiger partial charge in [0.1, 0.15) is 11.2 Å². The van der Waals surface area contributed by atoms with Crippen molar-refractivity contribution in [2.24, 2.45) is 5.41 Å². The number of H-pyrrole nitrogens is 1. The number of carbonyl (C=O) groups is 1. The fourth-order valence-electron chi connectivity index (χ4n) is 3.63. The molecule has 0 spiro atoms. The van der Waals surface area contributed by atoms with E-state index >= 15 is 0 Å². The first-order valence-corrected chi connectivity index (χ1v) is 8.74. The fraction of sp³-hybridized carbons (Fsp3) is 0.421. The maximum atomic E-state index is 13.0. The summed E-state index contributed by atoms with van der Waals surface area (Å²) in [7, 11) is 0. The van der Waals surface area contributed by atoms with Crippen LogP contribution in [-0.2, 0) is 0 Å². The predicted octanol–water partition coefficient (Wildman–Crippen LogP) is 2.83. The van der Waals surface area contributed by atoms with Gasteiger partial charge in [-0.25, -0.2) is 4.52 Å². The molecule has 0 unspecified atom stereocenters. The van der Waals surface area contributed by atoms with Gasteiger partial charge in [0.25, 0.3) is 11.5 Å². The number of hydrogen-bond donors (Lipinski definition) is 1. The number of hydrogen-bond acceptors (Lipinski definition) is 3. The highest BCUT2D eigenvalue weighted by atomic mass is 16.2. The molecular formula is C19H22N4O2. The van der Waals surface area contributed by atoms with Crippen LogP contribution in [0, 0.1) is 5.41 Å². The van der Waals surface area contributed by atoms with Crippen LogP contribution < -0.4 is 5.56 Å². The topological polar surface area (TPSA) is 70.5 Å². The lowest BCUT2D eigenvalue weighted by Gasteiger charge is -2.23. The molecule has 3 aromatic rings. The Kier molecular flexibility index (Phi) is 3.63. The van der Waals surface area contributed by atoms with Crippen LogP contribution in [0.4, 0.5) is 0 Å². The molecule has 0 bridgehead atoms. The summed E-state index contributed by atoms with van der Waals surface area (Å²) in [5.74, 6) is -0.0568. The average Bonchev–Trinajstić information content (AvgIpc) is 2.92. The summed E-state index contributed by atoms with van der Waals surface area (Å²) in [5.41, 5.74) is 1.70. The van der Waals surface area contributed by atoms with Crippen LogP contribution >= 0.6 is 0 Å². The second kappa shape index (κ2) is 5.72. The molecule has 1 aliphatic rings. The third-order valence-electron chi connectivity index (χ3n) is 5.24. The fourth-order valence-corrected chi connectivity index (χ4v) is 3.63. The van der Waals surface area contributed by atoms with E-state index in [4.69, 9.17) is 0 Å². The third kappa shape index (κ3) is 2.71. The van der Waals surface area contributed by atoms with E-state index in [-0.39, 0.29) is 16.9 Å². The summed E-state index contributed by atoms with van der Waals surface area (Å²) >= 11 is 0. The molecule has 0 saturated carbocycles. The Labute approximate surface area is 145 Å². The first-order valence-electron chi connectivity index (χ1n) is 8.74. The molecule has 1 N–H and O–H groups in total. The highest BCUT2D eigenvalue weighted by molar-refractivity contribution is 6.00. The number of aromatic nitrogens is 3. The molecule has 1 saturated heterocycles. The minimum absolute atomic E-state index is 0.0568. The molecule has 6 heteroatoms. The van der Waals surface area contributed by atoms with E-state index in [1.807, 2.05) is 23.1 Å². The standard InChI is InChI=1S/C19H22N4O2/c1-19(2)8-5-10-22(11-9-19)18(25)14-12-20-23-15-7-4-3-6-13(15)17(24)21-16(14)23/h3-4,6-7,12H,5,8-11H2,1-2H3,(H,21,24). The summed E-state index contributed by atoms with van der Waals surface area (Å²) in [6.07, 6.45) is 4.66. The molecule has 0 aliphatic carbocycles. The monoisotopic (exact) mass is 338 g/mol. The quantitative estimate of drug-likeness (QED) is 0.742. The second-order valence-corrected chi connectivity index (χ2v) is 7.60. The lowest BCUT2D eigenvalue weighted by atomic mass is 9.85. The van der Waals surface area contributed by atoms with Crippen molar-refractivity contribution in [3.05, 3.63) is 46.4 Å². The van der Waals surface area contributed by atoms with Gasteiger partial charge in [-0.2, -0.15) is 5.10 Å². The van der Waals surface area contributed by atoms with Gasteiger partial charge >= 0.3 is 0 Å². The predicted molar refractivity (Wildman–Crippen MR) is 96.9 cm³/mol. The molecule has 1 aliphatic heterocycles. The van der Waals surface area contributed by atoms with Crippen molar-refractivity contribution in [2.75, 3.05) is 13.1 Å². The van der Waals surface area contributed by atoms with Crippen molar-refractivity contribution >= 4 is 22.5 Å². The van der Waals surface area contributed by atoms with Gasteiger partial charge in [-0.15, -0.1) is 0 Å². The van der Waals surface area contributed by atoms with Gasteiger partial charge < -0.3 is 9.88 Å². The number of aromatic amines is 1. The van der Waals surface area contributed by atoms with Crippen LogP contribution in [0.5, 0.6) is 0 Å². The van der Waals surface area contributed by atoms with Gasteiger partial charge in [0, 0.05) is 13.1 Å². The highest BCUT2D eigenvalue weighted by Crippen LogP contribution is 2.30. The number of carbonyl (C=O) groups excluding carboxylic acids is 1. The van der Waals surface area contributed by atoms with E-state index in [2.05, 4.69) is 23.9 Å². The van der Waals surface area contributed by atoms with E-state index in [1.165, 1.54) is 0 Å². The molecule has 130 valence electrons. The third-order valence-corrected chi connectivity index (χ3v) is 5.24. The van der Waals surface area contributed by atoms with Crippen molar-refractivity contribution in [1.82, 2.24) is 19.5 Å². The lowest BCUT2D eigenvalue weighted by Crippen LogP contribution is -2.32. The van der Waals surface area contributed by atoms with Crippen molar-refractivity contribution in [1.29, 1.82) is 0 Å². The number of likely N-dealkylation sites (tertiary alicyclic amines) is 1. The Hall–Kier alpha value is -2.63. The van der Waals surface area contributed by atoms with Gasteiger partial charge in [0.15, 0.2) is 0 Å². The number of amides is 1. The Morgan fingerprint density at radius 2 is 2.00 bits per heavy atom. The Morgan fingerprint density at radius 3 is 2.84 bits per heavy atom. The Morgan fingerprint density at radius 1 is 1.20 bits per heavy atom. The van der Waals surface area contributed by atoms with Crippen LogP contribution in [0.1, 0.15) is 43.5 Å². The van der Waals surface area contributed by atoms with Crippen molar-refractivity contribution < 1.29 is 4.79 Å². The van der Waals surface area contributed by atoms with Gasteiger partial charge in [-0.1, -0.05) is 26.0 Å². The first kappa shape index (κ1) is 15.9. The van der Waals surface area contributed by atoms with E-state index in [0.29, 0.717) is 22.1 Å². The summed E-state index contributed by atoms with van der Waals surface area (Å²) in [4.78, 5) is 30.1. The molecule has 2 aromatic heterocycles. The van der Waals surface area contributed by atoms with Crippen LogP contribution in [0.25, 0.3) is 16.6 Å². The summed E-state index contributed by atoms with van der Waals surface area (Å²) < 4.78 is 1.64. The van der Waals surface area contributed by atoms with Crippen LogP contribution in [-0.4, -0.2) is 38.5 Å². The molecule has 3 heterocycles. The maximum absolute atomic E-state index is 13.0. The molecule has 0 atom stereocenters. The zero-order valence-corrected chi connectivity index (χ0v) is 14.6. The van der Waals surface area contributed by atoms with E-state index in [1.54, 1.807) is 16.8 Å². The molecule has 0 radical (unpaired) electrons. The normalized spacial score (nSPS) is 17.8. The number of nitrogens with one attached hydrogen (secondary N) is 1. The number of fused-ring (bicyclic) bond motifs is 3. The zero-order chi connectivity index (χ0) is 17.6. The van der Waals surface area contributed by atoms with Gasteiger partial charge in [0.05, 0.1) is 17.1 Å². The van der Waals surface area contributed by atoms with Crippen LogP contribution in [0.2, 0.25) is 0 Å². The number of para-hydroxylation sites is 1. The Balaban J connectivity index is 1.77. The minimum atomic E-state index is -0.199. The van der Waals surface area contributed by atoms with Gasteiger partial charge in [0.2, 0.25) is 0 Å². The molecule has 6 nitrogen and oxygen atoms in total. The Bertz CT molecular complexity index is 1020. The van der Waals surface area contributed by atoms with Crippen molar-refractivity contribution in [3.8, 4) is 0 Å². The summed E-state index contributed by atoms with van der Waals surface area (Å²) in [6.45, 7) is 5.98. The maximum Gasteiger partial charge on any atom is 0.259 e. The van der Waals surface area contributed by atoms with Gasteiger partial charge in [-0.3, -0.25) is 9.59 Å². The molecule has 1 aromatic carbocycles. The zero-order valence-electron chi connectivity index (χ0n) is 14.6. The first-order chi connectivity index (χ1) is 12.0. The average molecular weight is 338 g/mol. The van der Waals surface area contributed by atoms with E-state index in [9.17, 15) is 9.59 Å². The van der Waals surface area contributed by atoms with Crippen molar-refractivity contribution in [2.45, 2.75) is 33.1 Å². The number of benzene rings is 1. The minimum Gasteiger partial charge on any atom is -0.338 e. The molecular weight excluding hydrogens is 316 g/mol. The molecule has 4 rings (SSSR count). The molecule has 1 amide bonds. The summed E-state index contributed by atoms with van der Waals surface area (Å²) in [5, 5.41) is 4.92. The molecule has 25 heavy (non-hydrogen) atoms. The lowest BCUT2D eigenvalue weighted by molar-refractivity contribution is 0.0759. The number of nitrogens with zero attached hydrogens (tertiary/aromatic N) is 3. The SMILES string of the molecule is CC1(C)CCCN(C(=O)c2cnn3c2[nH]c(=O)c2ccccc23)CC1. The number of rotatable bonds is 1. The van der Waals surface area contributed by atoms with Crippen LogP contribution in [0.3, 0.4) is 0 Å². The second-order valence-electron chi connectivity index (χ2n) is 7.60. The van der Waals surface area contributed by atoms with E-state index < -0.39 is 0 Å². The smallest absolute Gasteiger partial charge is 0.259 e. The molecule has 1 fully saturated rings. The van der Waals surface area contributed by atoms with Crippen LogP contribution in [0.15, 0.2) is 35.3 Å².